The summed E-state index contributed by atoms with van der Waals surface area (Å²) in [5.41, 5.74) is 2.65. The maximum absolute atomic E-state index is 10.6. The smallest absolute Gasteiger partial charge is 0.265 e. The van der Waals surface area contributed by atoms with E-state index in [0.717, 1.165) is 0 Å². The van der Waals surface area contributed by atoms with Crippen molar-refractivity contribution in [3.8, 4) is 0 Å². The average Bonchev–Trinajstić information content (AvgIpc) is 2.67. The predicted molar refractivity (Wildman–Crippen MR) is 50.2 cm³/mol. The first kappa shape index (κ1) is 11.2. The molecule has 1 rings (SSSR count). The minimum absolute atomic E-state index is 0.150. The Balaban J connectivity index is 0.000000330. The van der Waals surface area contributed by atoms with Crippen LogP contribution in [0.1, 0.15) is 19.3 Å². The Morgan fingerprint density at radius 3 is 1.83 bits per heavy atom. The second-order valence-electron chi connectivity index (χ2n) is 3.75. The summed E-state index contributed by atoms with van der Waals surface area (Å²) in [4.78, 5) is 10.6. The van der Waals surface area contributed by atoms with E-state index in [1.807, 2.05) is 21.1 Å². The maximum atomic E-state index is 10.6. The van der Waals surface area contributed by atoms with Crippen LogP contribution in [0.15, 0.2) is 12.7 Å². The molecule has 0 aromatic carbocycles. The van der Waals surface area contributed by atoms with Crippen LogP contribution in [0.2, 0.25) is 0 Å². The quantitative estimate of drug-likeness (QED) is 0.376. The topological polar surface area (TPSA) is 29.1 Å². The standard InChI is InChI=1S/C6H12N2O.C3H6/c1-5-6(9)7-8(2,3)4;1-2-3-1/h5H,1H2,2-4H3;1-3H2/p+1. The third kappa shape index (κ3) is 11.9. The number of nitrogens with zero attached hydrogens (tertiary/aromatic N) is 1. The molecule has 1 aliphatic rings. The molecular formula is C9H19N2O+. The Morgan fingerprint density at radius 1 is 1.33 bits per heavy atom. The number of hydrogen-bond acceptors (Lipinski definition) is 1. The van der Waals surface area contributed by atoms with Crippen molar-refractivity contribution >= 4 is 5.91 Å². The largest absolute Gasteiger partial charge is 0.288 e. The monoisotopic (exact) mass is 171 g/mol. The lowest BCUT2D eigenvalue weighted by Gasteiger charge is -2.22. The lowest BCUT2D eigenvalue weighted by molar-refractivity contribution is -0.905. The third-order valence-corrected chi connectivity index (χ3v) is 0.985. The van der Waals surface area contributed by atoms with Gasteiger partial charge in [0.1, 0.15) is 0 Å². The maximum Gasteiger partial charge on any atom is 0.288 e. The molecular weight excluding hydrogens is 152 g/mol. The Hall–Kier alpha value is -0.830. The molecule has 70 valence electrons. The summed E-state index contributed by atoms with van der Waals surface area (Å²) in [7, 11) is 5.59. The van der Waals surface area contributed by atoms with Gasteiger partial charge in [-0.05, 0) is 0 Å². The van der Waals surface area contributed by atoms with Gasteiger partial charge in [0.05, 0.1) is 21.1 Å². The van der Waals surface area contributed by atoms with Crippen LogP contribution in [0.3, 0.4) is 0 Å². The van der Waals surface area contributed by atoms with E-state index in [2.05, 4.69) is 12.0 Å². The van der Waals surface area contributed by atoms with E-state index in [1.54, 1.807) is 0 Å². The molecule has 1 aliphatic carbocycles. The highest BCUT2D eigenvalue weighted by molar-refractivity contribution is 5.85. The van der Waals surface area contributed by atoms with Gasteiger partial charge in [0.15, 0.2) is 0 Å². The summed E-state index contributed by atoms with van der Waals surface area (Å²) < 4.78 is 0.421. The Labute approximate surface area is 74.6 Å². The van der Waals surface area contributed by atoms with E-state index in [-0.39, 0.29) is 5.91 Å². The highest BCUT2D eigenvalue weighted by Crippen LogP contribution is 2.14. The van der Waals surface area contributed by atoms with Gasteiger partial charge >= 0.3 is 0 Å². The number of amides is 1. The van der Waals surface area contributed by atoms with Crippen molar-refractivity contribution in [2.45, 2.75) is 19.3 Å². The molecule has 0 aliphatic heterocycles. The molecule has 0 bridgehead atoms. The minimum atomic E-state index is -0.150. The lowest BCUT2D eigenvalue weighted by atomic mass is 10.6. The summed E-state index contributed by atoms with van der Waals surface area (Å²) in [6, 6.07) is 0. The number of nitrogens with one attached hydrogen (secondary N) is 1. The zero-order valence-corrected chi connectivity index (χ0v) is 8.26. The molecule has 0 unspecified atom stereocenters. The van der Waals surface area contributed by atoms with Crippen molar-refractivity contribution in [1.82, 2.24) is 5.43 Å². The third-order valence-electron chi connectivity index (χ3n) is 0.985. The number of carbonyl (C=O) groups excluding carboxylic acids is 1. The van der Waals surface area contributed by atoms with Gasteiger partial charge in [-0.15, -0.1) is 0 Å². The second kappa shape index (κ2) is 4.93. The van der Waals surface area contributed by atoms with Gasteiger partial charge in [-0.25, -0.2) is 4.59 Å². The number of carbonyl (C=O) groups is 1. The van der Waals surface area contributed by atoms with Crippen LogP contribution in [0.25, 0.3) is 0 Å². The van der Waals surface area contributed by atoms with Gasteiger partial charge in [0.25, 0.3) is 5.91 Å². The van der Waals surface area contributed by atoms with Gasteiger partial charge in [-0.2, -0.15) is 5.43 Å². The fraction of sp³-hybridized carbons (Fsp3) is 0.667. The van der Waals surface area contributed by atoms with Crippen LogP contribution in [0.5, 0.6) is 0 Å². The molecule has 0 atom stereocenters. The van der Waals surface area contributed by atoms with Crippen LogP contribution in [0.4, 0.5) is 0 Å². The molecule has 0 heterocycles. The van der Waals surface area contributed by atoms with E-state index < -0.39 is 0 Å². The average molecular weight is 171 g/mol. The van der Waals surface area contributed by atoms with E-state index in [4.69, 9.17) is 0 Å². The molecule has 0 spiro atoms. The molecule has 3 nitrogen and oxygen atoms in total. The van der Waals surface area contributed by atoms with Crippen molar-refractivity contribution in [3.63, 3.8) is 0 Å². The number of rotatable bonds is 2. The Morgan fingerprint density at radius 2 is 1.75 bits per heavy atom. The number of quaternary nitrogens is 1. The van der Waals surface area contributed by atoms with Crippen LogP contribution in [0, 0.1) is 0 Å². The van der Waals surface area contributed by atoms with Crippen LogP contribution >= 0.6 is 0 Å². The van der Waals surface area contributed by atoms with Crippen molar-refractivity contribution in [3.05, 3.63) is 12.7 Å². The zero-order chi connectivity index (χ0) is 9.61. The van der Waals surface area contributed by atoms with Crippen molar-refractivity contribution in [2.75, 3.05) is 21.1 Å². The van der Waals surface area contributed by atoms with Gasteiger partial charge in [0.2, 0.25) is 0 Å². The Bertz CT molecular complexity index is 154. The fourth-order valence-corrected chi connectivity index (χ4v) is 0.376. The normalized spacial score (nSPS) is 13.9. The first-order chi connectivity index (χ1) is 5.45. The molecule has 1 saturated carbocycles. The summed E-state index contributed by atoms with van der Waals surface area (Å²) in [5, 5.41) is 0. The molecule has 12 heavy (non-hydrogen) atoms. The molecule has 1 fully saturated rings. The van der Waals surface area contributed by atoms with Gasteiger partial charge < -0.3 is 0 Å². The fourth-order valence-electron chi connectivity index (χ4n) is 0.376. The molecule has 0 radical (unpaired) electrons. The summed E-state index contributed by atoms with van der Waals surface area (Å²) >= 11 is 0. The van der Waals surface area contributed by atoms with E-state index in [0.29, 0.717) is 4.59 Å². The highest BCUT2D eigenvalue weighted by Gasteiger charge is 2.07. The van der Waals surface area contributed by atoms with E-state index in [9.17, 15) is 4.79 Å². The van der Waals surface area contributed by atoms with Crippen LogP contribution in [-0.2, 0) is 4.79 Å². The lowest BCUT2D eigenvalue weighted by Crippen LogP contribution is -2.50. The zero-order valence-electron chi connectivity index (χ0n) is 8.26. The molecule has 3 heteroatoms. The first-order valence-electron chi connectivity index (χ1n) is 4.22. The molecule has 1 amide bonds. The minimum Gasteiger partial charge on any atom is -0.265 e. The van der Waals surface area contributed by atoms with Gasteiger partial charge in [-0.1, -0.05) is 25.8 Å². The molecule has 0 aromatic rings. The first-order valence-corrected chi connectivity index (χ1v) is 4.22. The molecule has 0 aromatic heterocycles. The van der Waals surface area contributed by atoms with Crippen molar-refractivity contribution in [1.29, 1.82) is 0 Å². The van der Waals surface area contributed by atoms with Gasteiger partial charge in [0, 0.05) is 6.08 Å². The summed E-state index contributed by atoms with van der Waals surface area (Å²) in [6.07, 6.45) is 5.75. The van der Waals surface area contributed by atoms with Crippen molar-refractivity contribution < 1.29 is 9.39 Å². The summed E-state index contributed by atoms with van der Waals surface area (Å²) in [6.45, 7) is 3.32. The molecule has 1 N–H and O–H groups in total. The summed E-state index contributed by atoms with van der Waals surface area (Å²) in [5.74, 6) is -0.150. The van der Waals surface area contributed by atoms with Crippen LogP contribution < -0.4 is 5.43 Å². The number of hydrogen-bond donors (Lipinski definition) is 1. The van der Waals surface area contributed by atoms with Crippen LogP contribution in [-0.4, -0.2) is 31.6 Å². The highest BCUT2D eigenvalue weighted by atomic mass is 16.2. The second-order valence-corrected chi connectivity index (χ2v) is 3.75. The molecule has 0 saturated heterocycles. The SMILES string of the molecule is C1CC1.C=CC(=O)N[N+](C)(C)C. The predicted octanol–water partition coefficient (Wildman–Crippen LogP) is 1.08. The van der Waals surface area contributed by atoms with Gasteiger partial charge in [-0.3, -0.25) is 4.79 Å². The van der Waals surface area contributed by atoms with E-state index in [1.165, 1.54) is 25.3 Å². The van der Waals surface area contributed by atoms with Crippen molar-refractivity contribution in [2.24, 2.45) is 0 Å². The Kier molecular flexibility index (Phi) is 4.59. The van der Waals surface area contributed by atoms with E-state index >= 15 is 0 Å².